The standard InChI is InChI=1S/C10H9FN2O3/c11-6-1-2-7(5(3-6)4-12)8(14)9(15)10(13)16/h1-3,8-9,14-15H,(H2,13,16). The Hall–Kier alpha value is -1.97. The summed E-state index contributed by atoms with van der Waals surface area (Å²) in [5.41, 5.74) is 4.58. The van der Waals surface area contributed by atoms with Gasteiger partial charge in [0.15, 0.2) is 6.10 Å². The molecule has 4 N–H and O–H groups in total. The molecule has 0 saturated heterocycles. The van der Waals surface area contributed by atoms with Crippen LogP contribution in [0.25, 0.3) is 0 Å². The molecule has 1 rings (SSSR count). The molecule has 0 aliphatic rings. The molecule has 0 aliphatic carbocycles. The van der Waals surface area contributed by atoms with Crippen LogP contribution < -0.4 is 5.73 Å². The van der Waals surface area contributed by atoms with E-state index in [0.29, 0.717) is 0 Å². The molecule has 0 radical (unpaired) electrons. The highest BCUT2D eigenvalue weighted by Crippen LogP contribution is 2.21. The van der Waals surface area contributed by atoms with Gasteiger partial charge in [-0.15, -0.1) is 0 Å². The normalized spacial score (nSPS) is 13.9. The largest absolute Gasteiger partial charge is 0.385 e. The second kappa shape index (κ2) is 4.70. The lowest BCUT2D eigenvalue weighted by molar-refractivity contribution is -0.131. The topological polar surface area (TPSA) is 107 Å². The van der Waals surface area contributed by atoms with Gasteiger partial charge < -0.3 is 15.9 Å². The van der Waals surface area contributed by atoms with Crippen LogP contribution in [0, 0.1) is 17.1 Å². The van der Waals surface area contributed by atoms with Crippen molar-refractivity contribution in [1.29, 1.82) is 5.26 Å². The maximum Gasteiger partial charge on any atom is 0.249 e. The van der Waals surface area contributed by atoms with E-state index in [4.69, 9.17) is 11.0 Å². The van der Waals surface area contributed by atoms with Gasteiger partial charge in [0.25, 0.3) is 0 Å². The molecule has 0 aliphatic heterocycles. The van der Waals surface area contributed by atoms with Gasteiger partial charge >= 0.3 is 0 Å². The molecular formula is C10H9FN2O3. The summed E-state index contributed by atoms with van der Waals surface area (Å²) in [6.07, 6.45) is -3.48. The van der Waals surface area contributed by atoms with Gasteiger partial charge in [0.2, 0.25) is 5.91 Å². The molecule has 84 valence electrons. The Morgan fingerprint density at radius 1 is 1.50 bits per heavy atom. The van der Waals surface area contributed by atoms with Gasteiger partial charge in [-0.25, -0.2) is 4.39 Å². The number of rotatable bonds is 3. The van der Waals surface area contributed by atoms with Crippen LogP contribution in [-0.2, 0) is 4.79 Å². The summed E-state index contributed by atoms with van der Waals surface area (Å²) in [5.74, 6) is -1.78. The van der Waals surface area contributed by atoms with Gasteiger partial charge in [0.05, 0.1) is 11.6 Å². The van der Waals surface area contributed by atoms with Crippen LogP contribution in [0.5, 0.6) is 0 Å². The van der Waals surface area contributed by atoms with Crippen LogP contribution in [0.15, 0.2) is 18.2 Å². The molecule has 2 unspecified atom stereocenters. The summed E-state index contributed by atoms with van der Waals surface area (Å²) < 4.78 is 12.8. The van der Waals surface area contributed by atoms with Gasteiger partial charge in [-0.3, -0.25) is 4.79 Å². The van der Waals surface area contributed by atoms with E-state index in [1.54, 1.807) is 6.07 Å². The van der Waals surface area contributed by atoms with Crippen molar-refractivity contribution in [2.24, 2.45) is 5.73 Å². The molecule has 1 aromatic carbocycles. The first-order valence-corrected chi connectivity index (χ1v) is 4.32. The number of carbonyl (C=O) groups is 1. The molecule has 0 bridgehead atoms. The molecule has 0 fully saturated rings. The number of nitriles is 1. The zero-order valence-corrected chi connectivity index (χ0v) is 8.09. The van der Waals surface area contributed by atoms with Crippen molar-refractivity contribution in [3.63, 3.8) is 0 Å². The van der Waals surface area contributed by atoms with E-state index in [0.717, 1.165) is 18.2 Å². The highest BCUT2D eigenvalue weighted by Gasteiger charge is 2.25. The fourth-order valence-electron chi connectivity index (χ4n) is 1.21. The van der Waals surface area contributed by atoms with Gasteiger partial charge in [-0.05, 0) is 12.1 Å². The minimum Gasteiger partial charge on any atom is -0.385 e. The second-order valence-corrected chi connectivity index (χ2v) is 3.14. The molecule has 1 aromatic rings. The van der Waals surface area contributed by atoms with Gasteiger partial charge in [0.1, 0.15) is 11.9 Å². The number of benzene rings is 1. The summed E-state index contributed by atoms with van der Waals surface area (Å²) in [6.45, 7) is 0. The summed E-state index contributed by atoms with van der Waals surface area (Å²) in [6, 6.07) is 4.67. The number of primary amides is 1. The number of hydrogen-bond donors (Lipinski definition) is 3. The summed E-state index contributed by atoms with van der Waals surface area (Å²) in [5, 5.41) is 27.4. The third-order valence-corrected chi connectivity index (χ3v) is 2.05. The van der Waals surface area contributed by atoms with E-state index < -0.39 is 23.9 Å². The Morgan fingerprint density at radius 2 is 2.12 bits per heavy atom. The van der Waals surface area contributed by atoms with Crippen molar-refractivity contribution >= 4 is 5.91 Å². The number of nitrogens with zero attached hydrogens (tertiary/aromatic N) is 1. The van der Waals surface area contributed by atoms with E-state index in [1.165, 1.54) is 0 Å². The van der Waals surface area contributed by atoms with Gasteiger partial charge in [-0.1, -0.05) is 6.07 Å². The lowest BCUT2D eigenvalue weighted by Crippen LogP contribution is -2.34. The average Bonchev–Trinajstić information content (AvgIpc) is 2.26. The average molecular weight is 224 g/mol. The number of aliphatic hydroxyl groups is 2. The predicted molar refractivity (Wildman–Crippen MR) is 51.3 cm³/mol. The Labute approximate surface area is 90.5 Å². The predicted octanol–water partition coefficient (Wildman–Crippen LogP) is -0.423. The lowest BCUT2D eigenvalue weighted by Gasteiger charge is -2.16. The van der Waals surface area contributed by atoms with Crippen molar-refractivity contribution in [2.75, 3.05) is 0 Å². The lowest BCUT2D eigenvalue weighted by atomic mass is 9.99. The van der Waals surface area contributed by atoms with Crippen molar-refractivity contribution < 1.29 is 19.4 Å². The maximum atomic E-state index is 12.8. The molecule has 16 heavy (non-hydrogen) atoms. The molecule has 6 heteroatoms. The molecule has 2 atom stereocenters. The first-order chi connectivity index (χ1) is 7.47. The van der Waals surface area contributed by atoms with Gasteiger partial charge in [-0.2, -0.15) is 5.26 Å². The minimum atomic E-state index is -1.84. The molecule has 0 aromatic heterocycles. The fraction of sp³-hybridized carbons (Fsp3) is 0.200. The van der Waals surface area contributed by atoms with E-state index in [9.17, 15) is 19.4 Å². The first-order valence-electron chi connectivity index (χ1n) is 4.32. The quantitative estimate of drug-likeness (QED) is 0.647. The first kappa shape index (κ1) is 12.1. The monoisotopic (exact) mass is 224 g/mol. The molecule has 5 nitrogen and oxygen atoms in total. The van der Waals surface area contributed by atoms with Crippen LogP contribution in [0.1, 0.15) is 17.2 Å². The number of amides is 1. The number of nitrogens with two attached hydrogens (primary N) is 1. The Bertz CT molecular complexity index is 456. The van der Waals surface area contributed by atoms with Crippen LogP contribution >= 0.6 is 0 Å². The van der Waals surface area contributed by atoms with Crippen LogP contribution in [0.2, 0.25) is 0 Å². The molecule has 0 heterocycles. The summed E-state index contributed by atoms with van der Waals surface area (Å²) in [4.78, 5) is 10.6. The third kappa shape index (κ3) is 2.34. The number of hydrogen-bond acceptors (Lipinski definition) is 4. The van der Waals surface area contributed by atoms with E-state index in [1.807, 2.05) is 0 Å². The Balaban J connectivity index is 3.14. The van der Waals surface area contributed by atoms with Gasteiger partial charge in [0, 0.05) is 5.56 Å². The van der Waals surface area contributed by atoms with E-state index in [2.05, 4.69) is 0 Å². The highest BCUT2D eigenvalue weighted by atomic mass is 19.1. The maximum absolute atomic E-state index is 12.8. The van der Waals surface area contributed by atoms with Crippen molar-refractivity contribution in [3.05, 3.63) is 35.1 Å². The van der Waals surface area contributed by atoms with Crippen LogP contribution in [-0.4, -0.2) is 22.2 Å². The molecule has 0 spiro atoms. The van der Waals surface area contributed by atoms with Crippen molar-refractivity contribution in [2.45, 2.75) is 12.2 Å². The molecule has 1 amide bonds. The zero-order chi connectivity index (χ0) is 12.3. The summed E-state index contributed by atoms with van der Waals surface area (Å²) >= 11 is 0. The van der Waals surface area contributed by atoms with Crippen LogP contribution in [0.3, 0.4) is 0 Å². The van der Waals surface area contributed by atoms with E-state index >= 15 is 0 Å². The SMILES string of the molecule is N#Cc1cc(F)ccc1C(O)C(O)C(N)=O. The fourth-order valence-corrected chi connectivity index (χ4v) is 1.21. The zero-order valence-electron chi connectivity index (χ0n) is 8.09. The second-order valence-electron chi connectivity index (χ2n) is 3.14. The van der Waals surface area contributed by atoms with Crippen molar-refractivity contribution in [1.82, 2.24) is 0 Å². The highest BCUT2D eigenvalue weighted by molar-refractivity contribution is 5.79. The van der Waals surface area contributed by atoms with Crippen molar-refractivity contribution in [3.8, 4) is 6.07 Å². The Morgan fingerprint density at radius 3 is 2.62 bits per heavy atom. The smallest absolute Gasteiger partial charge is 0.249 e. The summed E-state index contributed by atoms with van der Waals surface area (Å²) in [7, 11) is 0. The minimum absolute atomic E-state index is 0.0461. The number of aliphatic hydroxyl groups excluding tert-OH is 2. The van der Waals surface area contributed by atoms with E-state index in [-0.39, 0.29) is 11.1 Å². The van der Waals surface area contributed by atoms with Crippen LogP contribution in [0.4, 0.5) is 4.39 Å². The Kier molecular flexibility index (Phi) is 3.55. The molecule has 0 saturated carbocycles. The number of halogens is 1. The third-order valence-electron chi connectivity index (χ3n) is 2.05. The molecular weight excluding hydrogens is 215 g/mol. The number of carbonyl (C=O) groups excluding carboxylic acids is 1.